The second-order valence-electron chi connectivity index (χ2n) is 5.24. The molecule has 3 heteroatoms. The SMILES string of the molecule is CC(C)(NCC1CCSC1)c1ccc(Br)cc1. The molecule has 94 valence electrons. The number of thioether (sulfide) groups is 1. The predicted molar refractivity (Wildman–Crippen MR) is 80.6 cm³/mol. The average Bonchev–Trinajstić information content (AvgIpc) is 2.80. The molecule has 1 aromatic carbocycles. The molecular weight excluding hydrogens is 294 g/mol. The van der Waals surface area contributed by atoms with Crippen molar-refractivity contribution in [3.8, 4) is 0 Å². The van der Waals surface area contributed by atoms with Crippen molar-refractivity contribution in [2.75, 3.05) is 18.1 Å². The van der Waals surface area contributed by atoms with Crippen LogP contribution in [0.25, 0.3) is 0 Å². The Morgan fingerprint density at radius 1 is 1.35 bits per heavy atom. The quantitative estimate of drug-likeness (QED) is 0.900. The van der Waals surface area contributed by atoms with Gasteiger partial charge in [0.05, 0.1) is 0 Å². The monoisotopic (exact) mass is 313 g/mol. The zero-order valence-electron chi connectivity index (χ0n) is 10.5. The van der Waals surface area contributed by atoms with Crippen LogP contribution in [0.3, 0.4) is 0 Å². The molecule has 1 aliphatic heterocycles. The lowest BCUT2D eigenvalue weighted by atomic mass is 9.93. The highest BCUT2D eigenvalue weighted by atomic mass is 79.9. The van der Waals surface area contributed by atoms with Crippen molar-refractivity contribution in [2.45, 2.75) is 25.8 Å². The minimum Gasteiger partial charge on any atom is -0.308 e. The summed E-state index contributed by atoms with van der Waals surface area (Å²) in [6, 6.07) is 8.62. The van der Waals surface area contributed by atoms with Crippen molar-refractivity contribution >= 4 is 27.7 Å². The van der Waals surface area contributed by atoms with Crippen molar-refractivity contribution < 1.29 is 0 Å². The van der Waals surface area contributed by atoms with E-state index in [2.05, 4.69) is 71.1 Å². The van der Waals surface area contributed by atoms with Gasteiger partial charge in [-0.15, -0.1) is 0 Å². The van der Waals surface area contributed by atoms with E-state index in [-0.39, 0.29) is 5.54 Å². The molecule has 0 spiro atoms. The second-order valence-corrected chi connectivity index (χ2v) is 7.31. The van der Waals surface area contributed by atoms with Crippen molar-refractivity contribution in [3.05, 3.63) is 34.3 Å². The third kappa shape index (κ3) is 3.73. The molecule has 1 aromatic rings. The largest absolute Gasteiger partial charge is 0.308 e. The topological polar surface area (TPSA) is 12.0 Å². The highest BCUT2D eigenvalue weighted by molar-refractivity contribution is 9.10. The first-order valence-electron chi connectivity index (χ1n) is 6.17. The lowest BCUT2D eigenvalue weighted by Gasteiger charge is -2.28. The Bertz CT molecular complexity index is 355. The first-order valence-corrected chi connectivity index (χ1v) is 8.11. The maximum Gasteiger partial charge on any atom is 0.0377 e. The van der Waals surface area contributed by atoms with Crippen molar-refractivity contribution in [1.82, 2.24) is 5.32 Å². The van der Waals surface area contributed by atoms with Crippen molar-refractivity contribution in [2.24, 2.45) is 5.92 Å². The molecular formula is C14H20BrNS. The summed E-state index contributed by atoms with van der Waals surface area (Å²) in [5, 5.41) is 3.71. The molecule has 1 atom stereocenters. The molecule has 1 heterocycles. The summed E-state index contributed by atoms with van der Waals surface area (Å²) in [5.41, 5.74) is 1.42. The molecule has 0 bridgehead atoms. The van der Waals surface area contributed by atoms with Crippen LogP contribution in [0, 0.1) is 5.92 Å². The van der Waals surface area contributed by atoms with Gasteiger partial charge in [-0.3, -0.25) is 0 Å². The van der Waals surface area contributed by atoms with Crippen LogP contribution in [0.4, 0.5) is 0 Å². The average molecular weight is 314 g/mol. The maximum absolute atomic E-state index is 3.71. The third-order valence-corrected chi connectivity index (χ3v) is 5.18. The van der Waals surface area contributed by atoms with Gasteiger partial charge in [0.25, 0.3) is 0 Å². The van der Waals surface area contributed by atoms with Crippen LogP contribution in [-0.4, -0.2) is 18.1 Å². The second kappa shape index (κ2) is 5.77. The standard InChI is InChI=1S/C14H20BrNS/c1-14(2,12-3-5-13(15)6-4-12)16-9-11-7-8-17-10-11/h3-6,11,16H,7-10H2,1-2H3. The molecule has 2 rings (SSSR count). The highest BCUT2D eigenvalue weighted by Crippen LogP contribution is 2.26. The molecule has 0 saturated carbocycles. The first-order chi connectivity index (χ1) is 8.08. The molecule has 1 nitrogen and oxygen atoms in total. The van der Waals surface area contributed by atoms with E-state index in [4.69, 9.17) is 0 Å². The summed E-state index contributed by atoms with van der Waals surface area (Å²) in [6.07, 6.45) is 1.37. The molecule has 17 heavy (non-hydrogen) atoms. The smallest absolute Gasteiger partial charge is 0.0377 e. The highest BCUT2D eigenvalue weighted by Gasteiger charge is 2.23. The Kier molecular flexibility index (Phi) is 4.56. The summed E-state index contributed by atoms with van der Waals surface area (Å²) in [5.74, 6) is 3.52. The lowest BCUT2D eigenvalue weighted by Crippen LogP contribution is -2.39. The minimum absolute atomic E-state index is 0.0634. The van der Waals surface area contributed by atoms with Gasteiger partial charge in [-0.05, 0) is 61.9 Å². The van der Waals surface area contributed by atoms with Gasteiger partial charge in [-0.1, -0.05) is 28.1 Å². The first kappa shape index (κ1) is 13.4. The van der Waals surface area contributed by atoms with E-state index >= 15 is 0 Å². The van der Waals surface area contributed by atoms with Gasteiger partial charge in [0, 0.05) is 10.0 Å². The van der Waals surface area contributed by atoms with Crippen molar-refractivity contribution in [1.29, 1.82) is 0 Å². The molecule has 1 unspecified atom stereocenters. The van der Waals surface area contributed by atoms with Crippen LogP contribution in [0.15, 0.2) is 28.7 Å². The van der Waals surface area contributed by atoms with Gasteiger partial charge < -0.3 is 5.32 Å². The Balaban J connectivity index is 1.94. The number of benzene rings is 1. The molecule has 1 fully saturated rings. The van der Waals surface area contributed by atoms with Crippen LogP contribution in [0.1, 0.15) is 25.8 Å². The molecule has 0 aromatic heterocycles. The van der Waals surface area contributed by atoms with Crippen LogP contribution in [0.5, 0.6) is 0 Å². The van der Waals surface area contributed by atoms with E-state index in [0.717, 1.165) is 16.9 Å². The summed E-state index contributed by atoms with van der Waals surface area (Å²) in [7, 11) is 0. The van der Waals surface area contributed by atoms with E-state index in [9.17, 15) is 0 Å². The van der Waals surface area contributed by atoms with Gasteiger partial charge in [0.15, 0.2) is 0 Å². The van der Waals surface area contributed by atoms with Gasteiger partial charge in [0.1, 0.15) is 0 Å². The van der Waals surface area contributed by atoms with E-state index in [1.807, 2.05) is 0 Å². The summed E-state index contributed by atoms with van der Waals surface area (Å²) >= 11 is 5.57. The van der Waals surface area contributed by atoms with Gasteiger partial charge in [0.2, 0.25) is 0 Å². The fourth-order valence-electron chi connectivity index (χ4n) is 2.11. The van der Waals surface area contributed by atoms with E-state index in [1.54, 1.807) is 0 Å². The van der Waals surface area contributed by atoms with Gasteiger partial charge >= 0.3 is 0 Å². The summed E-state index contributed by atoms with van der Waals surface area (Å²) in [4.78, 5) is 0. The number of rotatable bonds is 4. The third-order valence-electron chi connectivity index (χ3n) is 3.42. The minimum atomic E-state index is 0.0634. The molecule has 1 N–H and O–H groups in total. The zero-order valence-corrected chi connectivity index (χ0v) is 12.9. The molecule has 1 aliphatic rings. The Hall–Kier alpha value is 0.01000. The van der Waals surface area contributed by atoms with Gasteiger partial charge in [-0.25, -0.2) is 0 Å². The molecule has 0 amide bonds. The molecule has 1 saturated heterocycles. The number of hydrogen-bond donors (Lipinski definition) is 1. The lowest BCUT2D eigenvalue weighted by molar-refractivity contribution is 0.367. The van der Waals surface area contributed by atoms with E-state index in [0.29, 0.717) is 0 Å². The fourth-order valence-corrected chi connectivity index (χ4v) is 3.66. The Morgan fingerprint density at radius 2 is 2.06 bits per heavy atom. The number of hydrogen-bond acceptors (Lipinski definition) is 2. The summed E-state index contributed by atoms with van der Waals surface area (Å²) < 4.78 is 1.14. The number of nitrogens with one attached hydrogen (secondary N) is 1. The predicted octanol–water partition coefficient (Wildman–Crippen LogP) is 4.03. The zero-order chi connectivity index (χ0) is 12.3. The Morgan fingerprint density at radius 3 is 2.65 bits per heavy atom. The number of halogens is 1. The fraction of sp³-hybridized carbons (Fsp3) is 0.571. The molecule has 0 aliphatic carbocycles. The van der Waals surface area contributed by atoms with Crippen LogP contribution < -0.4 is 5.32 Å². The van der Waals surface area contributed by atoms with Crippen molar-refractivity contribution in [3.63, 3.8) is 0 Å². The van der Waals surface area contributed by atoms with E-state index < -0.39 is 0 Å². The molecule has 0 radical (unpaired) electrons. The Labute approximate surface area is 117 Å². The summed E-state index contributed by atoms with van der Waals surface area (Å²) in [6.45, 7) is 5.66. The van der Waals surface area contributed by atoms with Gasteiger partial charge in [-0.2, -0.15) is 11.8 Å². The van der Waals surface area contributed by atoms with E-state index in [1.165, 1.54) is 23.5 Å². The normalized spacial score (nSPS) is 20.8. The van der Waals surface area contributed by atoms with Crippen LogP contribution in [0.2, 0.25) is 0 Å². The van der Waals surface area contributed by atoms with Crippen LogP contribution in [-0.2, 0) is 5.54 Å². The maximum atomic E-state index is 3.71. The van der Waals surface area contributed by atoms with Crippen LogP contribution >= 0.6 is 27.7 Å².